The highest BCUT2D eigenvalue weighted by Gasteiger charge is 2.36. The molecule has 0 fully saturated rings. The molecule has 6 aromatic rings. The number of carbonyl (C=O) groups is 2. The predicted molar refractivity (Wildman–Crippen MR) is 259 cm³/mol. The van der Waals surface area contributed by atoms with E-state index in [1.54, 1.807) is 61.7 Å². The zero-order chi connectivity index (χ0) is 47.5. The molecule has 0 radical (unpaired) electrons. The van der Waals surface area contributed by atoms with E-state index < -0.39 is 28.9 Å². The number of hydrogen-bond acceptors (Lipinski definition) is 18. The molecule has 2 amide bonds. The van der Waals surface area contributed by atoms with Gasteiger partial charge in [0.25, 0.3) is 11.8 Å². The summed E-state index contributed by atoms with van der Waals surface area (Å²) in [6, 6.07) is 19.7. The smallest absolute Gasteiger partial charge is 0.270 e. The number of thiol groups is 1. The Morgan fingerprint density at radius 1 is 0.857 bits per heavy atom. The Labute approximate surface area is 383 Å². The van der Waals surface area contributed by atoms with E-state index in [1.165, 1.54) is 24.3 Å². The van der Waals surface area contributed by atoms with Crippen LogP contribution in [0.2, 0.25) is 5.02 Å². The minimum absolute atomic E-state index is 0.101. The van der Waals surface area contributed by atoms with Crippen molar-refractivity contribution in [2.45, 2.75) is 46.4 Å². The third-order valence-corrected chi connectivity index (χ3v) is 11.1. The number of anilines is 6. The summed E-state index contributed by atoms with van der Waals surface area (Å²) in [7, 11) is 1.57. The third-order valence-electron chi connectivity index (χ3n) is 8.65. The molecule has 0 spiro atoms. The van der Waals surface area contributed by atoms with Crippen molar-refractivity contribution in [1.29, 1.82) is 0 Å². The number of phenolic OH excluding ortho intramolecular Hbond substituents is 2. The first kappa shape index (κ1) is 51.5. The molecule has 0 saturated heterocycles. The van der Waals surface area contributed by atoms with Gasteiger partial charge in [0.1, 0.15) is 23.3 Å². The number of aromatic hydroxyl groups is 2. The van der Waals surface area contributed by atoms with Gasteiger partial charge >= 0.3 is 0 Å². The summed E-state index contributed by atoms with van der Waals surface area (Å²) in [6.45, 7) is 5.91. The van der Waals surface area contributed by atoms with E-state index in [2.05, 4.69) is 17.7 Å². The molecule has 19 N–H and O–H groups in total. The Balaban J connectivity index is 0.000000223. The van der Waals surface area contributed by atoms with Gasteiger partial charge in [-0.1, -0.05) is 25.4 Å². The molecule has 1 heterocycles. The molecule has 2 unspecified atom stereocenters. The summed E-state index contributed by atoms with van der Waals surface area (Å²) in [5.74, 6) is -0.877. The van der Waals surface area contributed by atoms with E-state index in [0.29, 0.717) is 94.6 Å². The molecule has 7 rings (SSSR count). The Morgan fingerprint density at radius 2 is 1.48 bits per heavy atom. The lowest BCUT2D eigenvalue weighted by atomic mass is 10.1. The van der Waals surface area contributed by atoms with Crippen molar-refractivity contribution < 1.29 is 42.4 Å². The number of ether oxygens (including phenoxy) is 1. The zero-order valence-electron chi connectivity index (χ0n) is 33.9. The van der Waals surface area contributed by atoms with Crippen molar-refractivity contribution in [2.75, 3.05) is 40.8 Å². The molecular weight excluding hydrogens is 914 g/mol. The van der Waals surface area contributed by atoms with Crippen LogP contribution in [-0.4, -0.2) is 58.8 Å². The van der Waals surface area contributed by atoms with E-state index in [0.717, 1.165) is 15.5 Å². The van der Waals surface area contributed by atoms with Crippen LogP contribution in [0.4, 0.5) is 34.1 Å². The van der Waals surface area contributed by atoms with E-state index in [1.807, 2.05) is 20.8 Å². The molecular formula is C40H46ClN9O9S4. The number of nitrogen functional groups attached to an aromatic ring is 5. The predicted octanol–water partition coefficient (Wildman–Crippen LogP) is 6.89. The number of carbonyl (C=O) groups excluding carboxylic acids is 2. The lowest BCUT2D eigenvalue weighted by Crippen LogP contribution is -2.43. The van der Waals surface area contributed by atoms with Crippen LogP contribution in [0, 0.1) is 6.92 Å². The van der Waals surface area contributed by atoms with Crippen LogP contribution >= 0.6 is 48.3 Å². The van der Waals surface area contributed by atoms with E-state index in [-0.39, 0.29) is 27.8 Å². The topological polar surface area (TPSA) is 359 Å². The summed E-state index contributed by atoms with van der Waals surface area (Å²) in [4.78, 5) is 24.4. The van der Waals surface area contributed by atoms with Crippen molar-refractivity contribution in [2.24, 2.45) is 16.6 Å². The number of benzene rings is 6. The molecule has 18 nitrogen and oxygen atoms in total. The highest BCUT2D eigenvalue weighted by molar-refractivity contribution is 7.94. The van der Waals surface area contributed by atoms with Gasteiger partial charge in [-0.25, -0.2) is 4.21 Å². The van der Waals surface area contributed by atoms with E-state index in [9.17, 15) is 24.0 Å². The van der Waals surface area contributed by atoms with Gasteiger partial charge in [-0.05, 0) is 85.3 Å². The summed E-state index contributed by atoms with van der Waals surface area (Å²) >= 11 is 8.85. The maximum Gasteiger partial charge on any atom is 0.270 e. The second kappa shape index (κ2) is 23.0. The quantitative estimate of drug-likeness (QED) is 0.0266. The van der Waals surface area contributed by atoms with Crippen molar-refractivity contribution in [3.63, 3.8) is 0 Å². The molecule has 0 aromatic heterocycles. The fourth-order valence-corrected chi connectivity index (χ4v) is 7.10. The monoisotopic (exact) mass is 959 g/mol. The van der Waals surface area contributed by atoms with Crippen LogP contribution in [0.1, 0.15) is 19.4 Å². The molecule has 1 aliphatic rings. The molecule has 336 valence electrons. The van der Waals surface area contributed by atoms with Gasteiger partial charge in [-0.3, -0.25) is 9.59 Å². The highest BCUT2D eigenvalue weighted by Crippen LogP contribution is 2.42. The van der Waals surface area contributed by atoms with Crippen LogP contribution in [0.15, 0.2) is 104 Å². The summed E-state index contributed by atoms with van der Waals surface area (Å²) in [6.07, 6.45) is 0. The number of aryl methyl sites for hydroxylation is 1. The molecule has 6 aromatic carbocycles. The standard InChI is InChI=1S/C10H9ClN2O2S.C10H10N4O2S.C10H9NO4S2.C8H12N2O.C2H6/c11-8-5-3-7(16-15)9(13)10(14)4(5)1-2-6(8)12;11-7-8(9(12)15)13-14(10(7)16)5-1-3-6(17)4-2-5;11-7-1-2-9(17(14)15)6-3-5(16-13)4-8(12)10(6)7;1-5-3-7(10)8(11-2)4-6(5)9;1-2/h1-3,14-15H,12-13H2;1-4,7,17H,11H2,(H2,12,15);1-4,12-13H,11H2,(H,14,15);3-4H,9-10H2,1-2H3;1-2H3. The average molecular weight is 961 g/mol. The zero-order valence-corrected chi connectivity index (χ0v) is 38.0. The number of methoxy groups -OCH3 is 1. The number of nitrogens with two attached hydrogens (primary N) is 7. The summed E-state index contributed by atoms with van der Waals surface area (Å²) in [5, 5.41) is 26.6. The first-order valence-corrected chi connectivity index (χ1v) is 21.5. The number of hydrogen-bond donors (Lipinski definition) is 13. The maximum atomic E-state index is 11.8. The Bertz CT molecular complexity index is 2700. The minimum Gasteiger partial charge on any atom is -0.507 e. The van der Waals surface area contributed by atoms with Gasteiger partial charge in [0.2, 0.25) is 0 Å². The first-order chi connectivity index (χ1) is 29.7. The fourth-order valence-electron chi connectivity index (χ4n) is 5.50. The van der Waals surface area contributed by atoms with Crippen LogP contribution in [0.5, 0.6) is 17.2 Å². The molecule has 1 aliphatic heterocycles. The molecule has 0 aliphatic carbocycles. The van der Waals surface area contributed by atoms with Crippen molar-refractivity contribution in [3.8, 4) is 17.2 Å². The lowest BCUT2D eigenvalue weighted by molar-refractivity contribution is -0.118. The van der Waals surface area contributed by atoms with Crippen LogP contribution < -0.4 is 49.9 Å². The largest absolute Gasteiger partial charge is 0.507 e. The molecule has 0 bridgehead atoms. The van der Waals surface area contributed by atoms with Gasteiger partial charge in [-0.15, -0.1) is 12.6 Å². The normalized spacial score (nSPS) is 13.2. The number of amides is 2. The number of primary amides is 1. The number of fused-ring (bicyclic) bond motifs is 2. The molecule has 63 heavy (non-hydrogen) atoms. The van der Waals surface area contributed by atoms with Crippen LogP contribution in [-0.2, 0) is 20.7 Å². The van der Waals surface area contributed by atoms with Gasteiger partial charge < -0.3 is 68.7 Å². The molecule has 23 heteroatoms. The first-order valence-electron chi connectivity index (χ1n) is 18.0. The Morgan fingerprint density at radius 3 is 2.02 bits per heavy atom. The highest BCUT2D eigenvalue weighted by atomic mass is 35.5. The maximum absolute atomic E-state index is 11.8. The van der Waals surface area contributed by atoms with Crippen molar-refractivity contribution in [3.05, 3.63) is 89.4 Å². The number of halogens is 1. The summed E-state index contributed by atoms with van der Waals surface area (Å²) in [5.41, 5.74) is 42.4. The second-order valence-corrected chi connectivity index (χ2v) is 15.7. The van der Waals surface area contributed by atoms with E-state index in [4.69, 9.17) is 70.1 Å². The minimum atomic E-state index is -2.19. The van der Waals surface area contributed by atoms with Crippen molar-refractivity contribution in [1.82, 2.24) is 0 Å². The SMILES string of the molecule is CC.COc1cc(N)c(C)cc1N.NC(=O)C1=NN(c2ccc(S)cc2)C(=O)C1N.Nc1ccc(S(=O)O)c2cc(SO)cc(O)c12.Nc1ccc2c(O)c(N)c(SO)cc2c1Cl. The van der Waals surface area contributed by atoms with Crippen LogP contribution in [0.3, 0.4) is 0 Å². The Kier molecular flexibility index (Phi) is 18.8. The lowest BCUT2D eigenvalue weighted by Gasteiger charge is -2.12. The van der Waals surface area contributed by atoms with Crippen molar-refractivity contribution >= 4 is 133 Å². The van der Waals surface area contributed by atoms with Gasteiger partial charge in [0.15, 0.2) is 16.8 Å². The fraction of sp³-hybridized carbons (Fsp3) is 0.125. The number of nitrogens with zero attached hydrogens (tertiary/aromatic N) is 2. The second-order valence-electron chi connectivity index (χ2n) is 12.6. The Hall–Kier alpha value is -5.82. The number of hydrazone groups is 1. The van der Waals surface area contributed by atoms with Gasteiger partial charge in [-0.2, -0.15) is 10.1 Å². The number of rotatable bonds is 6. The van der Waals surface area contributed by atoms with Gasteiger partial charge in [0, 0.05) is 72.9 Å². The van der Waals surface area contributed by atoms with Gasteiger partial charge in [0.05, 0.1) is 44.7 Å². The molecule has 2 atom stereocenters. The van der Waals surface area contributed by atoms with E-state index >= 15 is 0 Å². The third kappa shape index (κ3) is 12.2. The average Bonchev–Trinajstić information content (AvgIpc) is 3.56. The van der Waals surface area contributed by atoms with Crippen LogP contribution in [0.25, 0.3) is 21.5 Å². The summed E-state index contributed by atoms with van der Waals surface area (Å²) < 4.78 is 43.2. The number of phenols is 2. The molecule has 0 saturated carbocycles.